The molecule has 0 aliphatic heterocycles. The molecular formula is C12H16F2N2O. The van der Waals surface area contributed by atoms with Gasteiger partial charge in [0, 0.05) is 11.8 Å². The van der Waals surface area contributed by atoms with Crippen LogP contribution in [0.15, 0.2) is 18.2 Å². The number of nitrogens with two attached hydrogens (primary N) is 1. The molecule has 0 radical (unpaired) electrons. The predicted octanol–water partition coefficient (Wildman–Crippen LogP) is 2.28. The molecule has 0 aliphatic carbocycles. The Balaban J connectivity index is 2.64. The van der Waals surface area contributed by atoms with Crippen LogP contribution in [0.1, 0.15) is 20.3 Å². The molecule has 3 nitrogen and oxygen atoms in total. The van der Waals surface area contributed by atoms with Crippen LogP contribution in [0, 0.1) is 17.6 Å². The molecule has 0 unspecified atom stereocenters. The zero-order chi connectivity index (χ0) is 13.0. The van der Waals surface area contributed by atoms with Gasteiger partial charge in [-0.3, -0.25) is 4.79 Å². The van der Waals surface area contributed by atoms with E-state index in [0.29, 0.717) is 12.3 Å². The van der Waals surface area contributed by atoms with E-state index in [-0.39, 0.29) is 5.69 Å². The van der Waals surface area contributed by atoms with E-state index in [1.807, 2.05) is 13.8 Å². The maximum atomic E-state index is 12.9. The number of nitrogens with one attached hydrogen (secondary N) is 1. The fourth-order valence-electron chi connectivity index (χ4n) is 1.42. The van der Waals surface area contributed by atoms with Crippen molar-refractivity contribution in [1.29, 1.82) is 0 Å². The Kier molecular flexibility index (Phi) is 4.57. The van der Waals surface area contributed by atoms with Gasteiger partial charge in [0.1, 0.15) is 0 Å². The average molecular weight is 242 g/mol. The standard InChI is InChI=1S/C12H16F2N2O/c1-7(2)5-11(15)12(17)16-8-3-4-9(13)10(14)6-8/h3-4,6-7,11H,5,15H2,1-2H3,(H,16,17)/t11-/m1/s1. The van der Waals surface area contributed by atoms with Gasteiger partial charge < -0.3 is 11.1 Å². The minimum atomic E-state index is -1.000. The van der Waals surface area contributed by atoms with E-state index in [1.54, 1.807) is 0 Å². The summed E-state index contributed by atoms with van der Waals surface area (Å²) in [6.07, 6.45) is 0.537. The van der Waals surface area contributed by atoms with Gasteiger partial charge in [0.25, 0.3) is 0 Å². The van der Waals surface area contributed by atoms with Crippen LogP contribution >= 0.6 is 0 Å². The zero-order valence-corrected chi connectivity index (χ0v) is 9.84. The maximum Gasteiger partial charge on any atom is 0.241 e. The summed E-state index contributed by atoms with van der Waals surface area (Å²) in [5.41, 5.74) is 5.86. The van der Waals surface area contributed by atoms with E-state index in [0.717, 1.165) is 12.1 Å². The number of anilines is 1. The zero-order valence-electron chi connectivity index (χ0n) is 9.84. The third kappa shape index (κ3) is 4.11. The van der Waals surface area contributed by atoms with Gasteiger partial charge in [-0.05, 0) is 24.5 Å². The number of hydrogen-bond acceptors (Lipinski definition) is 2. The Morgan fingerprint density at radius 2 is 2.00 bits per heavy atom. The summed E-state index contributed by atoms with van der Waals surface area (Å²) in [4.78, 5) is 11.6. The SMILES string of the molecule is CC(C)C[C@@H](N)C(=O)Nc1ccc(F)c(F)c1. The molecule has 0 fully saturated rings. The molecular weight excluding hydrogens is 226 g/mol. The second-order valence-corrected chi connectivity index (χ2v) is 4.35. The van der Waals surface area contributed by atoms with E-state index in [9.17, 15) is 13.6 Å². The molecule has 94 valence electrons. The first-order chi connectivity index (χ1) is 7.90. The molecule has 5 heteroatoms. The number of rotatable bonds is 4. The molecule has 1 atom stereocenters. The molecule has 1 rings (SSSR count). The monoisotopic (exact) mass is 242 g/mol. The van der Waals surface area contributed by atoms with Gasteiger partial charge >= 0.3 is 0 Å². The Hall–Kier alpha value is -1.49. The third-order valence-electron chi connectivity index (χ3n) is 2.25. The van der Waals surface area contributed by atoms with Crippen molar-refractivity contribution >= 4 is 11.6 Å². The highest BCUT2D eigenvalue weighted by molar-refractivity contribution is 5.94. The third-order valence-corrected chi connectivity index (χ3v) is 2.25. The average Bonchev–Trinajstić information content (AvgIpc) is 2.22. The number of benzene rings is 1. The Bertz CT molecular complexity index is 407. The Labute approximate surface area is 99.0 Å². The van der Waals surface area contributed by atoms with Gasteiger partial charge in [0.2, 0.25) is 5.91 Å². The highest BCUT2D eigenvalue weighted by atomic mass is 19.2. The summed E-state index contributed by atoms with van der Waals surface area (Å²) in [6, 6.07) is 2.52. The molecule has 1 amide bonds. The summed E-state index contributed by atoms with van der Waals surface area (Å²) in [5.74, 6) is -2.06. The van der Waals surface area contributed by atoms with Crippen molar-refractivity contribution in [2.45, 2.75) is 26.3 Å². The molecule has 1 aromatic carbocycles. The number of carbonyl (C=O) groups excluding carboxylic acids is 1. The van der Waals surface area contributed by atoms with Gasteiger partial charge in [-0.1, -0.05) is 13.8 Å². The van der Waals surface area contributed by atoms with E-state index in [1.165, 1.54) is 6.07 Å². The molecule has 0 spiro atoms. The summed E-state index contributed by atoms with van der Waals surface area (Å²) in [7, 11) is 0. The second-order valence-electron chi connectivity index (χ2n) is 4.35. The van der Waals surface area contributed by atoms with E-state index < -0.39 is 23.6 Å². The predicted molar refractivity (Wildman–Crippen MR) is 62.4 cm³/mol. The van der Waals surface area contributed by atoms with Crippen LogP contribution in [0.3, 0.4) is 0 Å². The summed E-state index contributed by atoms with van der Waals surface area (Å²) in [6.45, 7) is 3.90. The largest absolute Gasteiger partial charge is 0.325 e. The second kappa shape index (κ2) is 5.72. The van der Waals surface area contributed by atoms with Crippen LogP contribution in [0.25, 0.3) is 0 Å². The summed E-state index contributed by atoms with van der Waals surface area (Å²) < 4.78 is 25.5. The smallest absolute Gasteiger partial charge is 0.241 e. The molecule has 0 aromatic heterocycles. The Morgan fingerprint density at radius 3 is 2.53 bits per heavy atom. The van der Waals surface area contributed by atoms with Crippen molar-refractivity contribution in [3.05, 3.63) is 29.8 Å². The highest BCUT2D eigenvalue weighted by Gasteiger charge is 2.15. The van der Waals surface area contributed by atoms with Crippen LogP contribution in [-0.2, 0) is 4.79 Å². The molecule has 0 saturated carbocycles. The number of hydrogen-bond donors (Lipinski definition) is 2. The topological polar surface area (TPSA) is 55.1 Å². The molecule has 3 N–H and O–H groups in total. The van der Waals surface area contributed by atoms with E-state index in [2.05, 4.69) is 5.32 Å². The first kappa shape index (κ1) is 13.6. The van der Waals surface area contributed by atoms with Gasteiger partial charge in [-0.15, -0.1) is 0 Å². The van der Waals surface area contributed by atoms with Crippen molar-refractivity contribution in [1.82, 2.24) is 0 Å². The first-order valence-electron chi connectivity index (χ1n) is 5.41. The van der Waals surface area contributed by atoms with Crippen LogP contribution < -0.4 is 11.1 Å². The lowest BCUT2D eigenvalue weighted by Gasteiger charge is -2.14. The number of amides is 1. The molecule has 0 saturated heterocycles. The van der Waals surface area contributed by atoms with E-state index in [4.69, 9.17) is 5.73 Å². The van der Waals surface area contributed by atoms with Gasteiger partial charge in [0.05, 0.1) is 6.04 Å². The van der Waals surface area contributed by atoms with Crippen molar-refractivity contribution in [2.24, 2.45) is 11.7 Å². The minimum absolute atomic E-state index is 0.202. The van der Waals surface area contributed by atoms with Gasteiger partial charge in [-0.2, -0.15) is 0 Å². The van der Waals surface area contributed by atoms with Gasteiger partial charge in [0.15, 0.2) is 11.6 Å². The molecule has 0 bridgehead atoms. The normalized spacial score (nSPS) is 12.6. The first-order valence-corrected chi connectivity index (χ1v) is 5.41. The number of carbonyl (C=O) groups is 1. The molecule has 1 aromatic rings. The van der Waals surface area contributed by atoms with Crippen molar-refractivity contribution in [3.63, 3.8) is 0 Å². The lowest BCUT2D eigenvalue weighted by molar-refractivity contribution is -0.117. The lowest BCUT2D eigenvalue weighted by atomic mass is 10.0. The van der Waals surface area contributed by atoms with E-state index >= 15 is 0 Å². The fourth-order valence-corrected chi connectivity index (χ4v) is 1.42. The maximum absolute atomic E-state index is 12.9. The van der Waals surface area contributed by atoms with Gasteiger partial charge in [-0.25, -0.2) is 8.78 Å². The molecule has 17 heavy (non-hydrogen) atoms. The van der Waals surface area contributed by atoms with Crippen LogP contribution in [0.4, 0.5) is 14.5 Å². The molecule has 0 aliphatic rings. The van der Waals surface area contributed by atoms with Crippen LogP contribution in [-0.4, -0.2) is 11.9 Å². The van der Waals surface area contributed by atoms with Crippen molar-refractivity contribution in [2.75, 3.05) is 5.32 Å². The van der Waals surface area contributed by atoms with Crippen LogP contribution in [0.2, 0.25) is 0 Å². The Morgan fingerprint density at radius 1 is 1.35 bits per heavy atom. The summed E-state index contributed by atoms with van der Waals surface area (Å²) >= 11 is 0. The van der Waals surface area contributed by atoms with Crippen LogP contribution in [0.5, 0.6) is 0 Å². The fraction of sp³-hybridized carbons (Fsp3) is 0.417. The van der Waals surface area contributed by atoms with Crippen molar-refractivity contribution < 1.29 is 13.6 Å². The number of halogens is 2. The minimum Gasteiger partial charge on any atom is -0.325 e. The molecule has 0 heterocycles. The summed E-state index contributed by atoms with van der Waals surface area (Å²) in [5, 5.41) is 2.44. The lowest BCUT2D eigenvalue weighted by Crippen LogP contribution is -2.36. The van der Waals surface area contributed by atoms with Crippen molar-refractivity contribution in [3.8, 4) is 0 Å². The highest BCUT2D eigenvalue weighted by Crippen LogP contribution is 2.14. The quantitative estimate of drug-likeness (QED) is 0.851.